The number of halogens is 1. The smallest absolute Gasteiger partial charge is 0.272 e. The maximum atomic E-state index is 13.8. The molecule has 7 nitrogen and oxygen atoms in total. The molecule has 0 bridgehead atoms. The van der Waals surface area contributed by atoms with Crippen molar-refractivity contribution in [1.29, 1.82) is 5.41 Å². The third kappa shape index (κ3) is 4.09. The van der Waals surface area contributed by atoms with Crippen molar-refractivity contribution in [3.05, 3.63) is 105 Å². The van der Waals surface area contributed by atoms with Gasteiger partial charge < -0.3 is 15.2 Å². The number of anilines is 1. The van der Waals surface area contributed by atoms with Gasteiger partial charge in [0.2, 0.25) is 5.91 Å². The maximum absolute atomic E-state index is 13.8. The number of hydrogen-bond acceptors (Lipinski definition) is 4. The van der Waals surface area contributed by atoms with Crippen LogP contribution in [0.1, 0.15) is 40.8 Å². The molecule has 1 amide bonds. The number of amidine groups is 1. The summed E-state index contributed by atoms with van der Waals surface area (Å²) >= 11 is 0. The van der Waals surface area contributed by atoms with E-state index in [1.165, 1.54) is 5.56 Å². The van der Waals surface area contributed by atoms with E-state index in [0.717, 1.165) is 41.6 Å². The summed E-state index contributed by atoms with van der Waals surface area (Å²) in [6.45, 7) is 0.715. The molecule has 8 heteroatoms. The summed E-state index contributed by atoms with van der Waals surface area (Å²) in [6.07, 6.45) is 2.89. The molecule has 3 aromatic carbocycles. The standard InChI is InChI=1S/C29H27N5O2.ClH/c1-33-25-11-10-21(29(13-14-29)28(36)34-15-12-19-4-2-3-5-24(19)34)17-22(25)32-23(27(33)35)16-18-6-8-20(9-7-18)26(30)31;/h2-11,17H,12-16H2,1H3,(H3,30,31);1H. The van der Waals surface area contributed by atoms with Crippen LogP contribution in [0, 0.1) is 5.41 Å². The summed E-state index contributed by atoms with van der Waals surface area (Å²) in [6, 6.07) is 21.3. The van der Waals surface area contributed by atoms with Crippen molar-refractivity contribution in [2.75, 3.05) is 11.4 Å². The molecule has 0 saturated heterocycles. The SMILES string of the molecule is Cl.Cn1c(=O)c(Cc2ccc(C(=N)N)cc2)nc2cc(C3(C(=O)N4CCc5ccccc54)CC3)ccc21. The number of nitrogen functional groups attached to an aromatic ring is 1. The number of nitrogens with zero attached hydrogens (tertiary/aromatic N) is 3. The highest BCUT2D eigenvalue weighted by molar-refractivity contribution is 6.05. The first kappa shape index (κ1) is 24.7. The van der Waals surface area contributed by atoms with Crippen LogP contribution in [0.15, 0.2) is 71.5 Å². The lowest BCUT2D eigenvalue weighted by atomic mass is 9.93. The van der Waals surface area contributed by atoms with E-state index < -0.39 is 5.41 Å². The van der Waals surface area contributed by atoms with E-state index in [-0.39, 0.29) is 29.7 Å². The molecule has 1 saturated carbocycles. The molecule has 0 unspecified atom stereocenters. The Balaban J connectivity index is 0.00000280. The Morgan fingerprint density at radius 1 is 1.08 bits per heavy atom. The number of fused-ring (bicyclic) bond motifs is 2. The van der Waals surface area contributed by atoms with Crippen LogP contribution in [0.3, 0.4) is 0 Å². The van der Waals surface area contributed by atoms with Crippen LogP contribution in [0.5, 0.6) is 0 Å². The molecule has 2 aliphatic rings. The third-order valence-corrected chi connectivity index (χ3v) is 7.62. The summed E-state index contributed by atoms with van der Waals surface area (Å²) in [4.78, 5) is 33.5. The van der Waals surface area contributed by atoms with Crippen LogP contribution in [0.4, 0.5) is 5.69 Å². The molecule has 2 heterocycles. The number of nitrogens with two attached hydrogens (primary N) is 1. The topological polar surface area (TPSA) is 105 Å². The highest BCUT2D eigenvalue weighted by Crippen LogP contribution is 2.51. The molecule has 3 N–H and O–H groups in total. The number of amides is 1. The molecule has 1 fully saturated rings. The molecule has 0 spiro atoms. The van der Waals surface area contributed by atoms with Gasteiger partial charge in [0.1, 0.15) is 11.5 Å². The van der Waals surface area contributed by atoms with Gasteiger partial charge in [0.05, 0.1) is 16.4 Å². The van der Waals surface area contributed by atoms with Gasteiger partial charge in [-0.25, -0.2) is 4.98 Å². The largest absolute Gasteiger partial charge is 0.384 e. The highest BCUT2D eigenvalue weighted by atomic mass is 35.5. The average Bonchev–Trinajstić information content (AvgIpc) is 3.59. The van der Waals surface area contributed by atoms with Crippen LogP contribution in [0.2, 0.25) is 0 Å². The zero-order valence-corrected chi connectivity index (χ0v) is 21.3. The van der Waals surface area contributed by atoms with Crippen molar-refractivity contribution in [2.24, 2.45) is 12.8 Å². The van der Waals surface area contributed by atoms with E-state index in [1.54, 1.807) is 23.7 Å². The Bertz CT molecular complexity index is 1610. The fourth-order valence-electron chi connectivity index (χ4n) is 5.36. The summed E-state index contributed by atoms with van der Waals surface area (Å²) < 4.78 is 1.63. The molecule has 188 valence electrons. The number of para-hydroxylation sites is 1. The van der Waals surface area contributed by atoms with Gasteiger partial charge >= 0.3 is 0 Å². The molecule has 6 rings (SSSR count). The molecule has 1 aliphatic heterocycles. The van der Waals surface area contributed by atoms with E-state index >= 15 is 0 Å². The molecule has 1 aliphatic carbocycles. The van der Waals surface area contributed by atoms with Crippen LogP contribution in [0.25, 0.3) is 11.0 Å². The van der Waals surface area contributed by atoms with Gasteiger partial charge in [-0.05, 0) is 54.2 Å². The minimum absolute atomic E-state index is 0. The monoisotopic (exact) mass is 513 g/mol. The molecule has 0 atom stereocenters. The van der Waals surface area contributed by atoms with E-state index in [2.05, 4.69) is 6.07 Å². The minimum Gasteiger partial charge on any atom is -0.384 e. The van der Waals surface area contributed by atoms with E-state index in [0.29, 0.717) is 29.7 Å². The van der Waals surface area contributed by atoms with E-state index in [4.69, 9.17) is 16.1 Å². The molecule has 1 aromatic heterocycles. The lowest BCUT2D eigenvalue weighted by Gasteiger charge is -2.24. The summed E-state index contributed by atoms with van der Waals surface area (Å²) in [5.74, 6) is 0.164. The van der Waals surface area contributed by atoms with Crippen LogP contribution < -0.4 is 16.2 Å². The molecule has 37 heavy (non-hydrogen) atoms. The van der Waals surface area contributed by atoms with Gasteiger partial charge in [0.25, 0.3) is 5.56 Å². The van der Waals surface area contributed by atoms with E-state index in [9.17, 15) is 9.59 Å². The van der Waals surface area contributed by atoms with Crippen molar-refractivity contribution < 1.29 is 4.79 Å². The van der Waals surface area contributed by atoms with Gasteiger partial charge in [0, 0.05) is 31.3 Å². The van der Waals surface area contributed by atoms with Crippen molar-refractivity contribution >= 4 is 40.9 Å². The summed E-state index contributed by atoms with van der Waals surface area (Å²) in [5.41, 5.74) is 11.6. The quantitative estimate of drug-likeness (QED) is 0.312. The first-order valence-corrected chi connectivity index (χ1v) is 12.2. The molecular weight excluding hydrogens is 486 g/mol. The second-order valence-electron chi connectivity index (χ2n) is 9.83. The second-order valence-corrected chi connectivity index (χ2v) is 9.83. The van der Waals surface area contributed by atoms with E-state index in [1.807, 2.05) is 53.4 Å². The number of carbonyl (C=O) groups is 1. The Labute approximate surface area is 220 Å². The number of aryl methyl sites for hydroxylation is 1. The van der Waals surface area contributed by atoms with Gasteiger partial charge in [-0.2, -0.15) is 0 Å². The Morgan fingerprint density at radius 3 is 2.51 bits per heavy atom. The molecule has 0 radical (unpaired) electrons. The Hall–Kier alpha value is -3.97. The number of rotatable bonds is 5. The zero-order chi connectivity index (χ0) is 25.0. The summed E-state index contributed by atoms with van der Waals surface area (Å²) in [7, 11) is 1.76. The predicted octanol–water partition coefficient (Wildman–Crippen LogP) is 3.85. The lowest BCUT2D eigenvalue weighted by molar-refractivity contribution is -0.120. The normalized spacial score (nSPS) is 15.2. The fourth-order valence-corrected chi connectivity index (χ4v) is 5.36. The van der Waals surface area contributed by atoms with Crippen molar-refractivity contribution in [3.8, 4) is 0 Å². The van der Waals surface area contributed by atoms with Gasteiger partial charge in [-0.3, -0.25) is 15.0 Å². The number of aromatic nitrogens is 2. The first-order chi connectivity index (χ1) is 17.4. The summed E-state index contributed by atoms with van der Waals surface area (Å²) in [5, 5.41) is 7.56. The minimum atomic E-state index is -0.523. The molecule has 4 aromatic rings. The first-order valence-electron chi connectivity index (χ1n) is 12.2. The van der Waals surface area contributed by atoms with Gasteiger partial charge in [0.15, 0.2) is 0 Å². The number of hydrogen-bond donors (Lipinski definition) is 2. The van der Waals surface area contributed by atoms with Crippen LogP contribution >= 0.6 is 12.4 Å². The lowest BCUT2D eigenvalue weighted by Crippen LogP contribution is -2.38. The third-order valence-electron chi connectivity index (χ3n) is 7.62. The van der Waals surface area contributed by atoms with Crippen LogP contribution in [-0.2, 0) is 30.1 Å². The van der Waals surface area contributed by atoms with Crippen molar-refractivity contribution in [1.82, 2.24) is 9.55 Å². The van der Waals surface area contributed by atoms with Crippen LogP contribution in [-0.4, -0.2) is 27.8 Å². The highest BCUT2D eigenvalue weighted by Gasteiger charge is 2.54. The maximum Gasteiger partial charge on any atom is 0.272 e. The Kier molecular flexibility index (Phi) is 6.12. The van der Waals surface area contributed by atoms with Gasteiger partial charge in [-0.1, -0.05) is 48.5 Å². The second kappa shape index (κ2) is 9.16. The number of benzene rings is 3. The molecular formula is C29H28ClN5O2. The zero-order valence-electron chi connectivity index (χ0n) is 20.5. The average molecular weight is 514 g/mol. The fraction of sp³-hybridized carbons (Fsp3) is 0.241. The number of nitrogens with one attached hydrogen (secondary N) is 1. The van der Waals surface area contributed by atoms with Gasteiger partial charge in [-0.15, -0.1) is 12.4 Å². The van der Waals surface area contributed by atoms with Crippen molar-refractivity contribution in [2.45, 2.75) is 31.1 Å². The van der Waals surface area contributed by atoms with Crippen molar-refractivity contribution in [3.63, 3.8) is 0 Å². The predicted molar refractivity (Wildman–Crippen MR) is 148 cm³/mol. The number of carbonyl (C=O) groups excluding carboxylic acids is 1. The Morgan fingerprint density at radius 2 is 1.81 bits per heavy atom.